The first kappa shape index (κ1) is 14.5. The summed E-state index contributed by atoms with van der Waals surface area (Å²) in [6.07, 6.45) is 0.469. The fourth-order valence-corrected chi connectivity index (χ4v) is 2.44. The van der Waals surface area contributed by atoms with Crippen molar-refractivity contribution in [3.05, 3.63) is 35.6 Å². The van der Waals surface area contributed by atoms with Gasteiger partial charge in [-0.1, -0.05) is 12.1 Å². The molecule has 1 fully saturated rings. The number of nitrogens with one attached hydrogen (secondary N) is 1. The van der Waals surface area contributed by atoms with Crippen molar-refractivity contribution >= 4 is 11.8 Å². The molecule has 1 heterocycles. The van der Waals surface area contributed by atoms with Crippen LogP contribution in [0.2, 0.25) is 0 Å². The largest absolute Gasteiger partial charge is 0.351 e. The Morgan fingerprint density at radius 3 is 2.85 bits per heavy atom. The molecule has 0 aromatic heterocycles. The predicted octanol–water partition coefficient (Wildman–Crippen LogP) is 1.49. The molecule has 0 aliphatic carbocycles. The quantitative estimate of drug-likeness (QED) is 0.907. The number of hydrogen-bond donors (Lipinski definition) is 1. The van der Waals surface area contributed by atoms with Crippen LogP contribution in [0.3, 0.4) is 0 Å². The van der Waals surface area contributed by atoms with E-state index in [1.165, 1.54) is 12.1 Å². The molecule has 1 unspecified atom stereocenters. The van der Waals surface area contributed by atoms with Crippen LogP contribution in [-0.4, -0.2) is 35.3 Å². The zero-order chi connectivity index (χ0) is 14.7. The fourth-order valence-electron chi connectivity index (χ4n) is 2.44. The molecule has 108 valence electrons. The van der Waals surface area contributed by atoms with Gasteiger partial charge in [-0.15, -0.1) is 0 Å². The third kappa shape index (κ3) is 3.56. The number of likely N-dealkylation sites (tertiary alicyclic amines) is 1. The average Bonchev–Trinajstić information content (AvgIpc) is 2.70. The summed E-state index contributed by atoms with van der Waals surface area (Å²) >= 11 is 0. The van der Waals surface area contributed by atoms with Crippen molar-refractivity contribution in [1.29, 1.82) is 0 Å². The van der Waals surface area contributed by atoms with Gasteiger partial charge in [0, 0.05) is 19.0 Å². The van der Waals surface area contributed by atoms with Crippen LogP contribution in [-0.2, 0) is 16.0 Å². The molecule has 20 heavy (non-hydrogen) atoms. The van der Waals surface area contributed by atoms with Gasteiger partial charge in [-0.05, 0) is 31.5 Å². The Balaban J connectivity index is 1.88. The van der Waals surface area contributed by atoms with Crippen LogP contribution in [0, 0.1) is 5.82 Å². The Kier molecular flexibility index (Phi) is 4.37. The summed E-state index contributed by atoms with van der Waals surface area (Å²) < 4.78 is 13.0. The molecule has 0 saturated carbocycles. The van der Waals surface area contributed by atoms with Crippen LogP contribution in [0.5, 0.6) is 0 Å². The Bertz CT molecular complexity index is 516. The molecular formula is C15H19FN2O2. The highest BCUT2D eigenvalue weighted by atomic mass is 19.1. The van der Waals surface area contributed by atoms with Crippen LogP contribution < -0.4 is 5.32 Å². The van der Waals surface area contributed by atoms with Gasteiger partial charge in [0.25, 0.3) is 0 Å². The average molecular weight is 278 g/mol. The molecule has 1 aliphatic heterocycles. The highest BCUT2D eigenvalue weighted by molar-refractivity contribution is 5.83. The smallest absolute Gasteiger partial charge is 0.225 e. The van der Waals surface area contributed by atoms with Crippen molar-refractivity contribution in [2.24, 2.45) is 0 Å². The minimum absolute atomic E-state index is 0.0658. The van der Waals surface area contributed by atoms with E-state index < -0.39 is 0 Å². The lowest BCUT2D eigenvalue weighted by molar-refractivity contribution is -0.129. The van der Waals surface area contributed by atoms with E-state index in [1.807, 2.05) is 13.8 Å². The van der Waals surface area contributed by atoms with Gasteiger partial charge in [-0.25, -0.2) is 4.39 Å². The van der Waals surface area contributed by atoms with Crippen molar-refractivity contribution in [1.82, 2.24) is 10.2 Å². The second kappa shape index (κ2) is 6.03. The lowest BCUT2D eigenvalue weighted by Crippen LogP contribution is -2.39. The molecule has 1 aliphatic rings. The number of halogens is 1. The molecule has 2 amide bonds. The maximum absolute atomic E-state index is 13.0. The Hall–Kier alpha value is -1.91. The van der Waals surface area contributed by atoms with Gasteiger partial charge in [0.2, 0.25) is 11.8 Å². The topological polar surface area (TPSA) is 49.4 Å². The molecule has 0 radical (unpaired) electrons. The molecule has 1 aromatic carbocycles. The van der Waals surface area contributed by atoms with Gasteiger partial charge in [-0.3, -0.25) is 9.59 Å². The number of carbonyl (C=O) groups is 2. The van der Waals surface area contributed by atoms with E-state index in [0.29, 0.717) is 18.5 Å². The van der Waals surface area contributed by atoms with Crippen molar-refractivity contribution < 1.29 is 14.0 Å². The van der Waals surface area contributed by atoms with Gasteiger partial charge < -0.3 is 10.2 Å². The summed E-state index contributed by atoms with van der Waals surface area (Å²) in [5.41, 5.74) is 0.632. The minimum atomic E-state index is -0.350. The normalized spacial score (nSPS) is 18.7. The van der Waals surface area contributed by atoms with Crippen LogP contribution in [0.1, 0.15) is 25.8 Å². The molecule has 1 atom stereocenters. The van der Waals surface area contributed by atoms with E-state index in [2.05, 4.69) is 5.32 Å². The minimum Gasteiger partial charge on any atom is -0.351 e. The zero-order valence-corrected chi connectivity index (χ0v) is 11.7. The third-order valence-corrected chi connectivity index (χ3v) is 3.40. The first-order chi connectivity index (χ1) is 9.45. The second-order valence-electron chi connectivity index (χ2n) is 5.42. The van der Waals surface area contributed by atoms with Gasteiger partial charge in [0.1, 0.15) is 5.82 Å². The Morgan fingerprint density at radius 1 is 1.50 bits per heavy atom. The molecule has 4 nitrogen and oxygen atoms in total. The molecule has 1 saturated heterocycles. The highest BCUT2D eigenvalue weighted by Gasteiger charge is 2.31. The molecule has 0 spiro atoms. The molecule has 1 aromatic rings. The van der Waals surface area contributed by atoms with E-state index >= 15 is 0 Å². The van der Waals surface area contributed by atoms with E-state index in [9.17, 15) is 14.0 Å². The van der Waals surface area contributed by atoms with Crippen LogP contribution in [0.15, 0.2) is 24.3 Å². The van der Waals surface area contributed by atoms with Crippen molar-refractivity contribution in [2.75, 3.05) is 6.54 Å². The van der Waals surface area contributed by atoms with E-state index in [4.69, 9.17) is 0 Å². The zero-order valence-electron chi connectivity index (χ0n) is 11.7. The lowest BCUT2D eigenvalue weighted by atomic mass is 10.1. The van der Waals surface area contributed by atoms with Crippen molar-refractivity contribution in [3.8, 4) is 0 Å². The lowest BCUT2D eigenvalue weighted by Gasteiger charge is -2.21. The summed E-state index contributed by atoms with van der Waals surface area (Å²) in [4.78, 5) is 25.4. The van der Waals surface area contributed by atoms with Crippen LogP contribution in [0.25, 0.3) is 0 Å². The number of hydrogen-bond acceptors (Lipinski definition) is 2. The number of amides is 2. The monoisotopic (exact) mass is 278 g/mol. The molecular weight excluding hydrogens is 259 g/mol. The van der Waals surface area contributed by atoms with Crippen molar-refractivity contribution in [2.45, 2.75) is 38.8 Å². The number of carbonyl (C=O) groups excluding carboxylic acids is 2. The number of nitrogens with zero attached hydrogens (tertiary/aromatic N) is 1. The summed E-state index contributed by atoms with van der Waals surface area (Å²) in [6, 6.07) is 5.98. The van der Waals surface area contributed by atoms with E-state index in [-0.39, 0.29) is 36.1 Å². The Labute approximate surface area is 118 Å². The summed E-state index contributed by atoms with van der Waals surface area (Å²) in [5, 5.41) is 2.84. The first-order valence-electron chi connectivity index (χ1n) is 6.79. The summed E-state index contributed by atoms with van der Waals surface area (Å²) in [7, 11) is 0. The SMILES string of the molecule is CC(C)N1CC(NC(=O)Cc2cccc(F)c2)CC1=O. The molecule has 5 heteroatoms. The predicted molar refractivity (Wildman–Crippen MR) is 73.5 cm³/mol. The van der Waals surface area contributed by atoms with Gasteiger partial charge in [-0.2, -0.15) is 0 Å². The van der Waals surface area contributed by atoms with Gasteiger partial charge in [0.15, 0.2) is 0 Å². The second-order valence-corrected chi connectivity index (χ2v) is 5.42. The maximum Gasteiger partial charge on any atom is 0.225 e. The van der Waals surface area contributed by atoms with E-state index in [1.54, 1.807) is 17.0 Å². The van der Waals surface area contributed by atoms with Gasteiger partial charge >= 0.3 is 0 Å². The van der Waals surface area contributed by atoms with Crippen LogP contribution >= 0.6 is 0 Å². The summed E-state index contributed by atoms with van der Waals surface area (Å²) in [5.74, 6) is -0.465. The first-order valence-corrected chi connectivity index (χ1v) is 6.79. The van der Waals surface area contributed by atoms with Crippen molar-refractivity contribution in [3.63, 3.8) is 0 Å². The Morgan fingerprint density at radius 2 is 2.25 bits per heavy atom. The molecule has 2 rings (SSSR count). The van der Waals surface area contributed by atoms with Gasteiger partial charge in [0.05, 0.1) is 12.5 Å². The van der Waals surface area contributed by atoms with Crippen LogP contribution in [0.4, 0.5) is 4.39 Å². The fraction of sp³-hybridized carbons (Fsp3) is 0.467. The molecule has 0 bridgehead atoms. The maximum atomic E-state index is 13.0. The third-order valence-electron chi connectivity index (χ3n) is 3.40. The molecule has 1 N–H and O–H groups in total. The van der Waals surface area contributed by atoms with E-state index in [0.717, 1.165) is 0 Å². The highest BCUT2D eigenvalue weighted by Crippen LogP contribution is 2.14. The number of rotatable bonds is 4. The summed E-state index contributed by atoms with van der Waals surface area (Å²) in [6.45, 7) is 4.45. The number of benzene rings is 1. The standard InChI is InChI=1S/C15H19FN2O2/c1-10(2)18-9-13(8-15(18)20)17-14(19)7-11-4-3-5-12(16)6-11/h3-6,10,13H,7-9H2,1-2H3,(H,17,19).